The van der Waals surface area contributed by atoms with E-state index in [1.165, 1.54) is 24.3 Å². The van der Waals surface area contributed by atoms with Crippen molar-refractivity contribution in [3.8, 4) is 16.9 Å². The number of rotatable bonds is 10. The topological polar surface area (TPSA) is 103 Å². The SMILES string of the molecule is CCOc1cc(S(C)(=O)=O)ccc1Nc1nc2ccc(-c3ccc(CC(=O)C(C)c4ccc(F)cc4)cc3)cn2n1. The molecule has 0 aliphatic heterocycles. The van der Waals surface area contributed by atoms with E-state index >= 15 is 0 Å². The molecule has 1 atom stereocenters. The summed E-state index contributed by atoms with van der Waals surface area (Å²) in [6.45, 7) is 4.02. The molecule has 5 aromatic rings. The zero-order valence-electron chi connectivity index (χ0n) is 22.8. The molecule has 0 bridgehead atoms. The number of benzene rings is 3. The summed E-state index contributed by atoms with van der Waals surface area (Å²) in [5.41, 5.74) is 4.73. The van der Waals surface area contributed by atoms with Crippen LogP contribution in [0.1, 0.15) is 30.9 Å². The van der Waals surface area contributed by atoms with Gasteiger partial charge in [0.15, 0.2) is 15.5 Å². The maximum Gasteiger partial charge on any atom is 0.247 e. The lowest BCUT2D eigenvalue weighted by Gasteiger charge is -2.11. The Hall–Kier alpha value is -4.57. The molecule has 10 heteroatoms. The number of fused-ring (bicyclic) bond motifs is 1. The van der Waals surface area contributed by atoms with E-state index in [0.29, 0.717) is 29.6 Å². The lowest BCUT2D eigenvalue weighted by Crippen LogP contribution is -2.12. The number of ether oxygens (including phenoxy) is 1. The van der Waals surface area contributed by atoms with E-state index in [-0.39, 0.29) is 28.8 Å². The van der Waals surface area contributed by atoms with Crippen LogP contribution in [0, 0.1) is 5.82 Å². The van der Waals surface area contributed by atoms with Crippen molar-refractivity contribution in [1.29, 1.82) is 0 Å². The second-order valence-electron chi connectivity index (χ2n) is 9.76. The Morgan fingerprint density at radius 1 is 1.00 bits per heavy atom. The molecule has 0 radical (unpaired) electrons. The number of anilines is 2. The number of Topliss-reactive ketones (excluding diaryl/α,β-unsaturated/α-hetero) is 1. The van der Waals surface area contributed by atoms with Crippen LogP contribution in [0.2, 0.25) is 0 Å². The molecule has 0 aliphatic carbocycles. The highest BCUT2D eigenvalue weighted by molar-refractivity contribution is 7.90. The largest absolute Gasteiger partial charge is 0.492 e. The number of pyridine rings is 1. The van der Waals surface area contributed by atoms with E-state index < -0.39 is 9.84 Å². The molecule has 210 valence electrons. The quantitative estimate of drug-likeness (QED) is 0.219. The number of hydrogen-bond donors (Lipinski definition) is 1. The third-order valence-corrected chi connectivity index (χ3v) is 7.89. The van der Waals surface area contributed by atoms with Gasteiger partial charge in [0.05, 0.1) is 17.2 Å². The summed E-state index contributed by atoms with van der Waals surface area (Å²) in [7, 11) is -3.38. The fraction of sp³-hybridized carbons (Fsp3) is 0.194. The van der Waals surface area contributed by atoms with Crippen molar-refractivity contribution in [1.82, 2.24) is 14.6 Å². The van der Waals surface area contributed by atoms with Gasteiger partial charge in [-0.1, -0.05) is 43.3 Å². The number of hydrogen-bond acceptors (Lipinski definition) is 7. The van der Waals surface area contributed by atoms with Crippen molar-refractivity contribution < 1.29 is 22.3 Å². The molecule has 0 saturated heterocycles. The van der Waals surface area contributed by atoms with Gasteiger partial charge in [0, 0.05) is 36.4 Å². The first-order valence-corrected chi connectivity index (χ1v) is 15.0. The predicted molar refractivity (Wildman–Crippen MR) is 156 cm³/mol. The molecule has 0 spiro atoms. The summed E-state index contributed by atoms with van der Waals surface area (Å²) < 4.78 is 44.4. The van der Waals surface area contributed by atoms with Gasteiger partial charge in [0.1, 0.15) is 17.3 Å². The second kappa shape index (κ2) is 11.5. The molecule has 5 rings (SSSR count). The number of carbonyl (C=O) groups is 1. The highest BCUT2D eigenvalue weighted by atomic mass is 32.2. The summed E-state index contributed by atoms with van der Waals surface area (Å²) in [5.74, 6) is 0.138. The predicted octanol–water partition coefficient (Wildman–Crippen LogP) is 6.00. The van der Waals surface area contributed by atoms with Crippen LogP contribution in [0.5, 0.6) is 5.75 Å². The number of carbonyl (C=O) groups excluding carboxylic acids is 1. The molecular weight excluding hydrogens is 543 g/mol. The fourth-order valence-electron chi connectivity index (χ4n) is 4.45. The number of sulfone groups is 1. The Labute approximate surface area is 237 Å². The number of nitrogens with zero attached hydrogens (tertiary/aromatic N) is 3. The Kier molecular flexibility index (Phi) is 7.85. The standard InChI is InChI=1S/C31H29FN4O4S/c1-4-40-29-18-26(41(3,38)39)14-15-27(29)33-31-34-30-16-11-24(19-36(30)35-31)23-7-5-21(6-8-23)17-28(37)20(2)22-9-12-25(32)13-10-22/h5-16,18-20H,4,17H2,1-3H3,(H,33,35). The molecule has 0 aliphatic rings. The molecule has 0 amide bonds. The number of nitrogens with one attached hydrogen (secondary N) is 1. The van der Waals surface area contributed by atoms with Crippen LogP contribution in [0.3, 0.4) is 0 Å². The van der Waals surface area contributed by atoms with Gasteiger partial charge < -0.3 is 10.1 Å². The first-order chi connectivity index (χ1) is 19.6. The number of halogens is 1. The van der Waals surface area contributed by atoms with Crippen LogP contribution in [0.4, 0.5) is 16.0 Å². The molecule has 1 unspecified atom stereocenters. The van der Waals surface area contributed by atoms with E-state index in [0.717, 1.165) is 28.5 Å². The average molecular weight is 573 g/mol. The first-order valence-electron chi connectivity index (χ1n) is 13.1. The Bertz CT molecular complexity index is 1820. The maximum atomic E-state index is 13.2. The highest BCUT2D eigenvalue weighted by Crippen LogP contribution is 2.30. The van der Waals surface area contributed by atoms with Crippen LogP contribution in [0.15, 0.2) is 90.0 Å². The van der Waals surface area contributed by atoms with E-state index in [4.69, 9.17) is 4.74 Å². The van der Waals surface area contributed by atoms with E-state index in [9.17, 15) is 17.6 Å². The molecule has 1 N–H and O–H groups in total. The van der Waals surface area contributed by atoms with Gasteiger partial charge in [0.2, 0.25) is 5.95 Å². The normalized spacial score (nSPS) is 12.3. The minimum atomic E-state index is -3.38. The Morgan fingerprint density at radius 2 is 1.71 bits per heavy atom. The van der Waals surface area contributed by atoms with E-state index in [2.05, 4.69) is 15.4 Å². The number of aromatic nitrogens is 3. The van der Waals surface area contributed by atoms with Gasteiger partial charge >= 0.3 is 0 Å². The first kappa shape index (κ1) is 28.0. The minimum absolute atomic E-state index is 0.0619. The van der Waals surface area contributed by atoms with Crippen LogP contribution in [-0.2, 0) is 21.1 Å². The molecule has 0 fully saturated rings. The van der Waals surface area contributed by atoms with Gasteiger partial charge in [-0.05, 0) is 60.0 Å². The Balaban J connectivity index is 1.31. The minimum Gasteiger partial charge on any atom is -0.492 e. The summed E-state index contributed by atoms with van der Waals surface area (Å²) in [6, 6.07) is 22.2. The van der Waals surface area contributed by atoms with E-state index in [1.807, 2.05) is 56.4 Å². The zero-order valence-corrected chi connectivity index (χ0v) is 23.7. The second-order valence-corrected chi connectivity index (χ2v) is 11.8. The molecule has 8 nitrogen and oxygen atoms in total. The van der Waals surface area contributed by atoms with Crippen molar-refractivity contribution in [3.63, 3.8) is 0 Å². The summed E-state index contributed by atoms with van der Waals surface area (Å²) in [6.07, 6.45) is 3.29. The van der Waals surface area contributed by atoms with Crippen LogP contribution in [0.25, 0.3) is 16.8 Å². The lowest BCUT2D eigenvalue weighted by molar-refractivity contribution is -0.119. The van der Waals surface area contributed by atoms with Crippen LogP contribution < -0.4 is 10.1 Å². The van der Waals surface area contributed by atoms with Crippen molar-refractivity contribution in [2.24, 2.45) is 0 Å². The lowest BCUT2D eigenvalue weighted by atomic mass is 9.92. The van der Waals surface area contributed by atoms with Crippen LogP contribution in [-0.4, -0.2) is 41.7 Å². The van der Waals surface area contributed by atoms with Crippen molar-refractivity contribution in [3.05, 3.63) is 102 Å². The zero-order chi connectivity index (χ0) is 29.1. The molecule has 0 saturated carbocycles. The fourth-order valence-corrected chi connectivity index (χ4v) is 5.08. The number of ketones is 1. The molecule has 3 aromatic carbocycles. The summed E-state index contributed by atoms with van der Waals surface area (Å²) in [4.78, 5) is 17.5. The summed E-state index contributed by atoms with van der Waals surface area (Å²) >= 11 is 0. The van der Waals surface area contributed by atoms with Crippen molar-refractivity contribution in [2.75, 3.05) is 18.2 Å². The average Bonchev–Trinajstić information content (AvgIpc) is 3.35. The summed E-state index contributed by atoms with van der Waals surface area (Å²) in [5, 5.41) is 7.65. The third-order valence-electron chi connectivity index (χ3n) is 6.78. The molecular formula is C31H29FN4O4S. The Morgan fingerprint density at radius 3 is 2.39 bits per heavy atom. The van der Waals surface area contributed by atoms with Crippen molar-refractivity contribution in [2.45, 2.75) is 31.1 Å². The monoisotopic (exact) mass is 572 g/mol. The van der Waals surface area contributed by atoms with Gasteiger partial charge in [-0.2, -0.15) is 4.98 Å². The van der Waals surface area contributed by atoms with E-state index in [1.54, 1.807) is 22.7 Å². The molecule has 41 heavy (non-hydrogen) atoms. The smallest absolute Gasteiger partial charge is 0.247 e. The molecule has 2 aromatic heterocycles. The highest BCUT2D eigenvalue weighted by Gasteiger charge is 2.17. The van der Waals surface area contributed by atoms with Crippen molar-refractivity contribution >= 4 is 32.9 Å². The third kappa shape index (κ3) is 6.44. The van der Waals surface area contributed by atoms with Gasteiger partial charge in [0.25, 0.3) is 0 Å². The van der Waals surface area contributed by atoms with Gasteiger partial charge in [-0.15, -0.1) is 5.10 Å². The van der Waals surface area contributed by atoms with Gasteiger partial charge in [-0.25, -0.2) is 17.3 Å². The van der Waals surface area contributed by atoms with Crippen LogP contribution >= 0.6 is 0 Å². The maximum absolute atomic E-state index is 13.2. The molecule has 2 heterocycles. The van der Waals surface area contributed by atoms with Gasteiger partial charge in [-0.3, -0.25) is 4.79 Å².